The predicted molar refractivity (Wildman–Crippen MR) is 145 cm³/mol. The number of unbranched alkanes of at least 4 members (excludes halogenated alkanes) is 1. The van der Waals surface area contributed by atoms with E-state index in [2.05, 4.69) is 18.3 Å². The fourth-order valence-electron chi connectivity index (χ4n) is 4.28. The first-order valence-corrected chi connectivity index (χ1v) is 12.7. The number of hydrogen-bond donors (Lipinski definition) is 1. The second kappa shape index (κ2) is 13.5. The Morgan fingerprint density at radius 2 is 1.58 bits per heavy atom. The largest absolute Gasteiger partial charge is 0.484 e. The summed E-state index contributed by atoms with van der Waals surface area (Å²) in [4.78, 5) is 28.8. The van der Waals surface area contributed by atoms with Gasteiger partial charge >= 0.3 is 0 Å². The molecule has 0 fully saturated rings. The molecule has 0 aromatic heterocycles. The third-order valence-electron chi connectivity index (χ3n) is 6.26. The molecule has 3 aromatic carbocycles. The molecule has 1 N–H and O–H groups in total. The first-order chi connectivity index (χ1) is 17.4. The summed E-state index contributed by atoms with van der Waals surface area (Å²) in [5.74, 6) is 0.299. The van der Waals surface area contributed by atoms with Crippen LogP contribution < -0.4 is 10.1 Å². The minimum atomic E-state index is -0.654. The fourth-order valence-corrected chi connectivity index (χ4v) is 4.28. The Hall–Kier alpha value is -3.60. The number of carbonyl (C=O) groups excluding carboxylic acids is 2. The van der Waals surface area contributed by atoms with Gasteiger partial charge in [-0.25, -0.2) is 0 Å². The van der Waals surface area contributed by atoms with E-state index >= 15 is 0 Å². The molecule has 0 saturated carbocycles. The van der Waals surface area contributed by atoms with Crippen molar-refractivity contribution in [1.82, 2.24) is 10.2 Å². The highest BCUT2D eigenvalue weighted by atomic mass is 16.5. The lowest BCUT2D eigenvalue weighted by molar-refractivity contribution is -0.142. The predicted octanol–water partition coefficient (Wildman–Crippen LogP) is 5.55. The van der Waals surface area contributed by atoms with Crippen molar-refractivity contribution in [3.8, 4) is 5.75 Å². The summed E-state index contributed by atoms with van der Waals surface area (Å²) in [7, 11) is 0. The highest BCUT2D eigenvalue weighted by Gasteiger charge is 2.30. The minimum Gasteiger partial charge on any atom is -0.484 e. The van der Waals surface area contributed by atoms with Crippen molar-refractivity contribution in [2.75, 3.05) is 13.2 Å². The lowest BCUT2D eigenvalue weighted by Gasteiger charge is -2.32. The van der Waals surface area contributed by atoms with Crippen molar-refractivity contribution < 1.29 is 14.3 Å². The fraction of sp³-hybridized carbons (Fsp3) is 0.355. The topological polar surface area (TPSA) is 58.6 Å². The van der Waals surface area contributed by atoms with E-state index in [1.54, 1.807) is 4.90 Å². The molecule has 0 spiro atoms. The Kier molecular flexibility index (Phi) is 10.1. The standard InChI is InChI=1S/C31H38N2O3/c1-5-6-16-32-31(35)29(20-26-13-8-7-9-14-26)33(21-27-15-11-10-12-25(27)4)30(34)22-36-28-18-23(2)17-24(3)19-28/h7-15,17-19,29H,5-6,16,20-22H2,1-4H3,(H,32,35)/t29-/m0/s1. The van der Waals surface area contributed by atoms with E-state index in [-0.39, 0.29) is 18.4 Å². The zero-order chi connectivity index (χ0) is 25.9. The molecule has 0 saturated heterocycles. The summed E-state index contributed by atoms with van der Waals surface area (Å²) in [5.41, 5.74) is 5.25. The van der Waals surface area contributed by atoms with E-state index < -0.39 is 6.04 Å². The number of carbonyl (C=O) groups is 2. The van der Waals surface area contributed by atoms with E-state index in [1.165, 1.54) is 0 Å². The first-order valence-electron chi connectivity index (χ1n) is 12.7. The molecule has 3 rings (SSSR count). The van der Waals surface area contributed by atoms with E-state index in [1.807, 2.05) is 87.5 Å². The molecule has 3 aromatic rings. The van der Waals surface area contributed by atoms with Gasteiger partial charge in [-0.2, -0.15) is 0 Å². The number of nitrogens with zero attached hydrogens (tertiary/aromatic N) is 1. The van der Waals surface area contributed by atoms with Gasteiger partial charge in [0.1, 0.15) is 11.8 Å². The van der Waals surface area contributed by atoms with Crippen LogP contribution in [0.2, 0.25) is 0 Å². The van der Waals surface area contributed by atoms with Crippen LogP contribution in [0.15, 0.2) is 72.8 Å². The van der Waals surface area contributed by atoms with Gasteiger partial charge in [0.05, 0.1) is 0 Å². The lowest BCUT2D eigenvalue weighted by Crippen LogP contribution is -2.52. The van der Waals surface area contributed by atoms with Crippen molar-refractivity contribution in [2.45, 2.75) is 59.5 Å². The van der Waals surface area contributed by atoms with Crippen LogP contribution in [0.3, 0.4) is 0 Å². The molecule has 0 heterocycles. The van der Waals surface area contributed by atoms with Gasteiger partial charge < -0.3 is 15.0 Å². The Labute approximate surface area is 215 Å². The maximum absolute atomic E-state index is 13.7. The van der Waals surface area contributed by atoms with Crippen LogP contribution in [-0.2, 0) is 22.6 Å². The Balaban J connectivity index is 1.90. The highest BCUT2D eigenvalue weighted by Crippen LogP contribution is 2.19. The van der Waals surface area contributed by atoms with Gasteiger partial charge in [0.15, 0.2) is 6.61 Å². The summed E-state index contributed by atoms with van der Waals surface area (Å²) < 4.78 is 5.93. The third kappa shape index (κ3) is 7.98. The van der Waals surface area contributed by atoms with Crippen molar-refractivity contribution in [1.29, 1.82) is 0 Å². The molecule has 190 valence electrons. The molecule has 0 aliphatic rings. The molecular formula is C31H38N2O3. The molecule has 0 aliphatic heterocycles. The van der Waals surface area contributed by atoms with E-state index in [0.717, 1.165) is 40.7 Å². The van der Waals surface area contributed by atoms with Gasteiger partial charge in [-0.3, -0.25) is 9.59 Å². The number of amides is 2. The van der Waals surface area contributed by atoms with Crippen LogP contribution in [0.5, 0.6) is 5.75 Å². The third-order valence-corrected chi connectivity index (χ3v) is 6.26. The molecule has 5 heteroatoms. The van der Waals surface area contributed by atoms with Crippen LogP contribution in [0.25, 0.3) is 0 Å². The molecule has 5 nitrogen and oxygen atoms in total. The van der Waals surface area contributed by atoms with Crippen molar-refractivity contribution in [2.24, 2.45) is 0 Å². The molecule has 0 aliphatic carbocycles. The molecular weight excluding hydrogens is 448 g/mol. The number of nitrogens with one attached hydrogen (secondary N) is 1. The Morgan fingerprint density at radius 3 is 2.25 bits per heavy atom. The van der Waals surface area contributed by atoms with Gasteiger partial charge in [0.25, 0.3) is 5.91 Å². The minimum absolute atomic E-state index is 0.137. The number of hydrogen-bond acceptors (Lipinski definition) is 3. The number of rotatable bonds is 12. The molecule has 36 heavy (non-hydrogen) atoms. The van der Waals surface area contributed by atoms with E-state index in [4.69, 9.17) is 4.74 Å². The molecule has 0 radical (unpaired) electrons. The SMILES string of the molecule is CCCCNC(=O)[C@H](Cc1ccccc1)N(Cc1ccccc1C)C(=O)COc1cc(C)cc(C)c1. The van der Waals surface area contributed by atoms with Crippen molar-refractivity contribution >= 4 is 11.8 Å². The van der Waals surface area contributed by atoms with Crippen LogP contribution in [0.4, 0.5) is 0 Å². The summed E-state index contributed by atoms with van der Waals surface area (Å²) in [5, 5.41) is 3.05. The maximum atomic E-state index is 13.7. The smallest absolute Gasteiger partial charge is 0.261 e. The molecule has 2 amide bonds. The lowest BCUT2D eigenvalue weighted by atomic mass is 10.0. The van der Waals surface area contributed by atoms with Gasteiger partial charge in [0.2, 0.25) is 5.91 Å². The number of benzene rings is 3. The summed E-state index contributed by atoms with van der Waals surface area (Å²) in [6.45, 7) is 8.91. The van der Waals surface area contributed by atoms with Gasteiger partial charge in [-0.15, -0.1) is 0 Å². The summed E-state index contributed by atoms with van der Waals surface area (Å²) >= 11 is 0. The highest BCUT2D eigenvalue weighted by molar-refractivity contribution is 5.88. The Morgan fingerprint density at radius 1 is 0.917 bits per heavy atom. The molecule has 1 atom stereocenters. The van der Waals surface area contributed by atoms with Crippen molar-refractivity contribution in [3.63, 3.8) is 0 Å². The second-order valence-electron chi connectivity index (χ2n) is 9.41. The first kappa shape index (κ1) is 27.0. The Bertz CT molecular complexity index is 1120. The maximum Gasteiger partial charge on any atom is 0.261 e. The van der Waals surface area contributed by atoms with Crippen LogP contribution in [0, 0.1) is 20.8 Å². The van der Waals surface area contributed by atoms with Gasteiger partial charge in [-0.1, -0.05) is 74.0 Å². The van der Waals surface area contributed by atoms with Crippen molar-refractivity contribution in [3.05, 3.63) is 101 Å². The second-order valence-corrected chi connectivity index (χ2v) is 9.41. The zero-order valence-electron chi connectivity index (χ0n) is 21.9. The average Bonchev–Trinajstić information content (AvgIpc) is 2.86. The van der Waals surface area contributed by atoms with Crippen LogP contribution in [0.1, 0.15) is 47.6 Å². The van der Waals surface area contributed by atoms with Gasteiger partial charge in [-0.05, 0) is 67.1 Å². The quantitative estimate of drug-likeness (QED) is 0.342. The molecule has 0 unspecified atom stereocenters. The summed E-state index contributed by atoms with van der Waals surface area (Å²) in [6, 6.07) is 23.1. The van der Waals surface area contributed by atoms with E-state index in [9.17, 15) is 9.59 Å². The monoisotopic (exact) mass is 486 g/mol. The zero-order valence-corrected chi connectivity index (χ0v) is 21.9. The van der Waals surface area contributed by atoms with E-state index in [0.29, 0.717) is 25.3 Å². The van der Waals surface area contributed by atoms with Gasteiger partial charge in [0, 0.05) is 19.5 Å². The summed E-state index contributed by atoms with van der Waals surface area (Å²) in [6.07, 6.45) is 2.31. The molecule has 0 bridgehead atoms. The van der Waals surface area contributed by atoms with Crippen LogP contribution >= 0.6 is 0 Å². The number of ether oxygens (including phenoxy) is 1. The normalized spacial score (nSPS) is 11.6. The number of aryl methyl sites for hydroxylation is 3. The average molecular weight is 487 g/mol. The van der Waals surface area contributed by atoms with Crippen LogP contribution in [-0.4, -0.2) is 35.9 Å².